The van der Waals surface area contributed by atoms with Gasteiger partial charge in [0.05, 0.1) is 0 Å². The van der Waals surface area contributed by atoms with Gasteiger partial charge in [-0.2, -0.15) is 0 Å². The lowest BCUT2D eigenvalue weighted by Crippen LogP contribution is -2.41. The highest BCUT2D eigenvalue weighted by Crippen LogP contribution is 2.29. The fourth-order valence-electron chi connectivity index (χ4n) is 2.29. The minimum Gasteiger partial charge on any atom is -0.304 e. The molecule has 0 N–H and O–H groups in total. The van der Waals surface area contributed by atoms with Crippen LogP contribution >= 0.6 is 25.3 Å². The normalized spacial score (nSPS) is 31.1. The van der Waals surface area contributed by atoms with Crippen molar-refractivity contribution in [2.45, 2.75) is 30.5 Å². The zero-order valence-electron chi connectivity index (χ0n) is 14.0. The Morgan fingerprint density at radius 3 is 1.35 bits per heavy atom. The average Bonchev–Trinajstić information content (AvgIpc) is 2.71. The summed E-state index contributed by atoms with van der Waals surface area (Å²) in [6, 6.07) is -0.590. The second kappa shape index (κ2) is 6.23. The fourth-order valence-corrected chi connectivity index (χ4v) is 2.90. The first-order valence-electron chi connectivity index (χ1n) is 6.92. The van der Waals surface area contributed by atoms with Crippen LogP contribution in [0.25, 0.3) is 0 Å². The van der Waals surface area contributed by atoms with Crippen LogP contribution in [-0.2, 0) is 9.59 Å². The summed E-state index contributed by atoms with van der Waals surface area (Å²) in [6.45, 7) is 5.54. The number of likely N-dealkylation sites (N-methyl/N-ethyl adjacent to an activating group) is 4. The lowest BCUT2D eigenvalue weighted by atomic mass is 10.3. The molecule has 0 aliphatic carbocycles. The van der Waals surface area contributed by atoms with Gasteiger partial charge in [0.2, 0.25) is 0 Å². The smallest absolute Gasteiger partial charge is 0.304 e. The monoisotopic (exact) mass is 362 g/mol. The number of carbonyl (C=O) groups is 4. The molecular formula is C13H22N4O4S2. The highest BCUT2D eigenvalue weighted by Gasteiger charge is 2.50. The average molecular weight is 362 g/mol. The number of nitrogens with zero attached hydrogens (tertiary/aromatic N) is 4. The third-order valence-electron chi connectivity index (χ3n) is 4.01. The Hall–Kier alpha value is -1.42. The second-order valence-corrected chi connectivity index (χ2v) is 7.38. The minimum atomic E-state index is -0.980. The van der Waals surface area contributed by atoms with Gasteiger partial charge < -0.3 is 9.80 Å². The summed E-state index contributed by atoms with van der Waals surface area (Å²) in [7, 11) is 4.47. The molecule has 2 aliphatic rings. The number of thiol groups is 2. The molecule has 2 aliphatic heterocycles. The Labute approximate surface area is 146 Å². The molecule has 0 spiro atoms. The molecule has 2 atom stereocenters. The van der Waals surface area contributed by atoms with E-state index < -0.39 is 9.74 Å². The molecule has 8 nitrogen and oxygen atoms in total. The molecule has 2 unspecified atom stereocenters. The topological polar surface area (TPSA) is 81.2 Å². The van der Waals surface area contributed by atoms with Crippen LogP contribution in [0.4, 0.5) is 9.59 Å². The number of amides is 6. The molecule has 0 aromatic rings. The van der Waals surface area contributed by atoms with Crippen LogP contribution in [0, 0.1) is 0 Å². The summed E-state index contributed by atoms with van der Waals surface area (Å²) in [4.78, 5) is 48.0. The van der Waals surface area contributed by atoms with Gasteiger partial charge in [0.25, 0.3) is 11.8 Å². The lowest BCUT2D eigenvalue weighted by molar-refractivity contribution is -0.128. The Bertz CT molecular complexity index is 564. The first-order chi connectivity index (χ1) is 10.3. The Kier molecular flexibility index (Phi) is 5.32. The van der Waals surface area contributed by atoms with E-state index in [0.717, 1.165) is 9.80 Å². The Morgan fingerprint density at radius 1 is 0.826 bits per heavy atom. The maximum Gasteiger partial charge on any atom is 0.328 e. The molecule has 130 valence electrons. The van der Waals surface area contributed by atoms with Crippen molar-refractivity contribution >= 4 is 49.1 Å². The van der Waals surface area contributed by atoms with Gasteiger partial charge in [-0.15, -0.1) is 25.3 Å². The van der Waals surface area contributed by atoms with E-state index in [1.807, 2.05) is 6.92 Å². The van der Waals surface area contributed by atoms with Crippen LogP contribution in [0.1, 0.15) is 20.8 Å². The molecule has 0 aromatic heterocycles. The van der Waals surface area contributed by atoms with Gasteiger partial charge >= 0.3 is 12.1 Å². The largest absolute Gasteiger partial charge is 0.328 e. The van der Waals surface area contributed by atoms with Gasteiger partial charge in [-0.1, -0.05) is 0 Å². The zero-order valence-corrected chi connectivity index (χ0v) is 15.8. The van der Waals surface area contributed by atoms with Crippen molar-refractivity contribution in [2.75, 3.05) is 27.7 Å². The highest BCUT2D eigenvalue weighted by molar-refractivity contribution is 7.83. The number of imide groups is 2. The molecule has 10 heteroatoms. The molecule has 2 rings (SSSR count). The summed E-state index contributed by atoms with van der Waals surface area (Å²) in [5.74, 6) is -0.550. The standard InChI is InChI=1S/C7H12N2O2S.C6H10N2O2S/c1-4-9-6(11)8(3)5(10)7(9,2)12;1-6(11)4(9)7(2)5(10)8(6)3/h12H,4H2,1-3H3;11H,1-3H3. The van der Waals surface area contributed by atoms with Crippen LogP contribution in [0.5, 0.6) is 0 Å². The molecule has 0 saturated carbocycles. The van der Waals surface area contributed by atoms with E-state index in [1.165, 1.54) is 23.9 Å². The molecule has 0 aromatic carbocycles. The van der Waals surface area contributed by atoms with E-state index in [0.29, 0.717) is 6.54 Å². The SMILES string of the molecule is CCN1C(=O)N(C)C(=O)C1(C)S.CN1C(=O)N(C)C(C)(S)C1=O. The van der Waals surface area contributed by atoms with E-state index in [4.69, 9.17) is 0 Å². The molecule has 0 bridgehead atoms. The molecule has 0 radical (unpaired) electrons. The summed E-state index contributed by atoms with van der Waals surface area (Å²) < 4.78 is 0. The van der Waals surface area contributed by atoms with Crippen molar-refractivity contribution in [3.05, 3.63) is 0 Å². The van der Waals surface area contributed by atoms with Gasteiger partial charge in [-0.3, -0.25) is 19.4 Å². The van der Waals surface area contributed by atoms with Gasteiger partial charge in [-0.25, -0.2) is 9.59 Å². The molecule has 23 heavy (non-hydrogen) atoms. The second-order valence-electron chi connectivity index (χ2n) is 5.64. The van der Waals surface area contributed by atoms with Crippen molar-refractivity contribution in [1.82, 2.24) is 19.6 Å². The first kappa shape index (κ1) is 19.6. The number of rotatable bonds is 1. The van der Waals surface area contributed by atoms with Gasteiger partial charge in [0.15, 0.2) is 9.74 Å². The van der Waals surface area contributed by atoms with Crippen molar-refractivity contribution in [1.29, 1.82) is 0 Å². The number of hydrogen-bond donors (Lipinski definition) is 2. The first-order valence-corrected chi connectivity index (χ1v) is 7.81. The predicted molar refractivity (Wildman–Crippen MR) is 91.3 cm³/mol. The van der Waals surface area contributed by atoms with E-state index in [2.05, 4.69) is 25.3 Å². The molecular weight excluding hydrogens is 340 g/mol. The van der Waals surface area contributed by atoms with Crippen LogP contribution < -0.4 is 0 Å². The van der Waals surface area contributed by atoms with Crippen molar-refractivity contribution in [3.63, 3.8) is 0 Å². The molecule has 2 saturated heterocycles. The van der Waals surface area contributed by atoms with Crippen LogP contribution in [0.3, 0.4) is 0 Å². The maximum absolute atomic E-state index is 11.4. The van der Waals surface area contributed by atoms with Crippen LogP contribution in [-0.4, -0.2) is 80.9 Å². The number of hydrogen-bond acceptors (Lipinski definition) is 6. The van der Waals surface area contributed by atoms with Crippen LogP contribution in [0.15, 0.2) is 0 Å². The number of carbonyl (C=O) groups excluding carboxylic acids is 4. The predicted octanol–water partition coefficient (Wildman–Crippen LogP) is 0.702. The number of urea groups is 2. The van der Waals surface area contributed by atoms with Crippen LogP contribution in [0.2, 0.25) is 0 Å². The van der Waals surface area contributed by atoms with Crippen molar-refractivity contribution < 1.29 is 19.2 Å². The van der Waals surface area contributed by atoms with E-state index in [-0.39, 0.29) is 23.9 Å². The highest BCUT2D eigenvalue weighted by atomic mass is 32.1. The van der Waals surface area contributed by atoms with E-state index >= 15 is 0 Å². The molecule has 6 amide bonds. The minimum absolute atomic E-state index is 0.266. The van der Waals surface area contributed by atoms with Crippen molar-refractivity contribution in [3.8, 4) is 0 Å². The maximum atomic E-state index is 11.4. The van der Waals surface area contributed by atoms with E-state index in [1.54, 1.807) is 20.9 Å². The fraction of sp³-hybridized carbons (Fsp3) is 0.692. The molecule has 2 heterocycles. The van der Waals surface area contributed by atoms with Gasteiger partial charge in [-0.05, 0) is 20.8 Å². The quantitative estimate of drug-likeness (QED) is 0.532. The molecule has 2 fully saturated rings. The third kappa shape index (κ3) is 3.01. The summed E-state index contributed by atoms with van der Waals surface area (Å²) in [5, 5.41) is 0. The van der Waals surface area contributed by atoms with Gasteiger partial charge in [0, 0.05) is 27.7 Å². The lowest BCUT2D eigenvalue weighted by Gasteiger charge is -2.24. The Balaban J connectivity index is 0.000000231. The summed E-state index contributed by atoms with van der Waals surface area (Å²) >= 11 is 8.22. The van der Waals surface area contributed by atoms with Crippen molar-refractivity contribution in [2.24, 2.45) is 0 Å². The summed E-state index contributed by atoms with van der Waals surface area (Å²) in [5.41, 5.74) is 0. The Morgan fingerprint density at radius 2 is 1.22 bits per heavy atom. The zero-order chi connectivity index (χ0) is 18.3. The van der Waals surface area contributed by atoms with E-state index in [9.17, 15) is 19.2 Å². The van der Waals surface area contributed by atoms with Gasteiger partial charge in [0.1, 0.15) is 0 Å². The third-order valence-corrected chi connectivity index (χ3v) is 4.93. The summed E-state index contributed by atoms with van der Waals surface area (Å²) in [6.07, 6.45) is 0.